The molecule has 1 unspecified atom stereocenters. The zero-order valence-electron chi connectivity index (χ0n) is 16.7. The summed E-state index contributed by atoms with van der Waals surface area (Å²) < 4.78 is 5.10. The molecular weight excluding hydrogens is 384 g/mol. The second-order valence-electron chi connectivity index (χ2n) is 7.33. The van der Waals surface area contributed by atoms with E-state index in [0.29, 0.717) is 6.61 Å². The fourth-order valence-corrected chi connectivity index (χ4v) is 4.58. The molecule has 0 aliphatic carbocycles. The smallest absolute Gasteiger partial charge is 0.325 e. The van der Waals surface area contributed by atoms with Gasteiger partial charge in [0.15, 0.2) is 5.11 Å². The van der Waals surface area contributed by atoms with Crippen LogP contribution >= 0.6 is 24.0 Å². The number of carbonyl (C=O) groups is 2. The van der Waals surface area contributed by atoms with Crippen LogP contribution in [0.25, 0.3) is 0 Å². The van der Waals surface area contributed by atoms with Gasteiger partial charge < -0.3 is 19.9 Å². The first-order chi connectivity index (χ1) is 12.8. The zero-order valence-corrected chi connectivity index (χ0v) is 18.4. The van der Waals surface area contributed by atoms with Crippen LogP contribution in [0.1, 0.15) is 40.0 Å². The van der Waals surface area contributed by atoms with Crippen LogP contribution in [0.5, 0.6) is 0 Å². The van der Waals surface area contributed by atoms with Crippen LogP contribution in [0.3, 0.4) is 0 Å². The lowest BCUT2D eigenvalue weighted by Gasteiger charge is -2.45. The Morgan fingerprint density at radius 1 is 1.44 bits per heavy atom. The van der Waals surface area contributed by atoms with Crippen LogP contribution in [0, 0.1) is 0 Å². The maximum atomic E-state index is 13.0. The van der Waals surface area contributed by atoms with Crippen molar-refractivity contribution >= 4 is 41.0 Å². The Kier molecular flexibility index (Phi) is 8.18. The Hall–Kier alpha value is -1.06. The van der Waals surface area contributed by atoms with E-state index in [-0.39, 0.29) is 30.5 Å². The molecule has 0 saturated carbocycles. The van der Waals surface area contributed by atoms with Crippen LogP contribution in [0.2, 0.25) is 0 Å². The lowest BCUT2D eigenvalue weighted by molar-refractivity contribution is -0.151. The first-order valence-electron chi connectivity index (χ1n) is 9.62. The summed E-state index contributed by atoms with van der Waals surface area (Å²) in [6.07, 6.45) is 4.26. The number of nitrogens with one attached hydrogen (secondary N) is 2. The van der Waals surface area contributed by atoms with Crippen molar-refractivity contribution in [1.29, 1.82) is 0 Å². The van der Waals surface area contributed by atoms with Crippen molar-refractivity contribution in [3.8, 4) is 0 Å². The molecule has 154 valence electrons. The molecule has 2 fully saturated rings. The monoisotopic (exact) mass is 416 g/mol. The minimum atomic E-state index is -0.489. The summed E-state index contributed by atoms with van der Waals surface area (Å²) in [6.45, 7) is 7.71. The van der Waals surface area contributed by atoms with Gasteiger partial charge in [0.1, 0.15) is 6.54 Å². The van der Waals surface area contributed by atoms with E-state index in [1.165, 1.54) is 0 Å². The molecule has 0 aromatic rings. The van der Waals surface area contributed by atoms with Gasteiger partial charge in [0.05, 0.1) is 18.3 Å². The number of carbonyl (C=O) groups excluding carboxylic acids is 2. The van der Waals surface area contributed by atoms with Gasteiger partial charge in [-0.1, -0.05) is 0 Å². The first kappa shape index (κ1) is 22.2. The Morgan fingerprint density at radius 3 is 2.67 bits per heavy atom. The minimum Gasteiger partial charge on any atom is -0.465 e. The zero-order chi connectivity index (χ0) is 20.0. The largest absolute Gasteiger partial charge is 0.465 e. The van der Waals surface area contributed by atoms with Gasteiger partial charge in [-0.2, -0.15) is 11.8 Å². The van der Waals surface area contributed by atoms with Crippen molar-refractivity contribution in [2.75, 3.05) is 38.2 Å². The third kappa shape index (κ3) is 5.48. The number of esters is 1. The molecule has 9 heteroatoms. The highest BCUT2D eigenvalue weighted by Crippen LogP contribution is 2.33. The molecule has 2 aliphatic heterocycles. The number of thiocarbonyl (C=S) groups is 1. The Morgan fingerprint density at radius 2 is 2.11 bits per heavy atom. The Labute approximate surface area is 171 Å². The van der Waals surface area contributed by atoms with Crippen molar-refractivity contribution in [3.63, 3.8) is 0 Å². The summed E-state index contributed by atoms with van der Waals surface area (Å²) >= 11 is 7.21. The molecule has 2 aliphatic rings. The number of amides is 1. The number of thioether (sulfide) groups is 1. The molecule has 0 aromatic carbocycles. The van der Waals surface area contributed by atoms with Crippen molar-refractivity contribution in [3.05, 3.63) is 0 Å². The van der Waals surface area contributed by atoms with Gasteiger partial charge in [-0.05, 0) is 51.4 Å². The molecule has 2 saturated heterocycles. The van der Waals surface area contributed by atoms with E-state index in [4.69, 9.17) is 17.0 Å². The second-order valence-corrected chi connectivity index (χ2v) is 8.70. The van der Waals surface area contributed by atoms with Crippen molar-refractivity contribution in [1.82, 2.24) is 20.4 Å². The highest BCUT2D eigenvalue weighted by molar-refractivity contribution is 7.98. The van der Waals surface area contributed by atoms with Gasteiger partial charge in [-0.15, -0.1) is 0 Å². The molecule has 2 rings (SSSR count). The summed E-state index contributed by atoms with van der Waals surface area (Å²) in [7, 11) is 0. The van der Waals surface area contributed by atoms with E-state index in [1.807, 2.05) is 6.26 Å². The van der Waals surface area contributed by atoms with Crippen LogP contribution in [0.4, 0.5) is 0 Å². The van der Waals surface area contributed by atoms with E-state index >= 15 is 0 Å². The molecule has 2 heterocycles. The van der Waals surface area contributed by atoms with E-state index in [0.717, 1.165) is 43.2 Å². The van der Waals surface area contributed by atoms with E-state index in [1.54, 1.807) is 23.6 Å². The SMILES string of the molecule is CCOC(=O)CN1C(=O)C(CCSC)NC12CCN(C(=S)NC(C)C)CC2. The molecule has 0 bridgehead atoms. The van der Waals surface area contributed by atoms with Crippen LogP contribution in [-0.4, -0.2) is 82.8 Å². The highest BCUT2D eigenvalue weighted by atomic mass is 32.2. The lowest BCUT2D eigenvalue weighted by Crippen LogP contribution is -2.61. The quantitative estimate of drug-likeness (QED) is 0.473. The summed E-state index contributed by atoms with van der Waals surface area (Å²) in [5, 5.41) is 7.58. The van der Waals surface area contributed by atoms with Gasteiger partial charge in [-0.25, -0.2) is 0 Å². The number of ether oxygens (including phenoxy) is 1. The Balaban J connectivity index is 2.09. The molecule has 2 N–H and O–H groups in total. The predicted octanol–water partition coefficient (Wildman–Crippen LogP) is 1.18. The summed E-state index contributed by atoms with van der Waals surface area (Å²) in [5.74, 6) is 0.562. The van der Waals surface area contributed by atoms with E-state index in [2.05, 4.69) is 29.4 Å². The van der Waals surface area contributed by atoms with Crippen LogP contribution in [-0.2, 0) is 14.3 Å². The van der Waals surface area contributed by atoms with Gasteiger partial charge in [0.2, 0.25) is 5.91 Å². The summed E-state index contributed by atoms with van der Waals surface area (Å²) in [6, 6.07) is 0.0509. The fraction of sp³-hybridized carbons (Fsp3) is 0.833. The molecule has 27 heavy (non-hydrogen) atoms. The summed E-state index contributed by atoms with van der Waals surface area (Å²) in [4.78, 5) is 28.9. The summed E-state index contributed by atoms with van der Waals surface area (Å²) in [5.41, 5.74) is -0.489. The molecule has 1 amide bonds. The van der Waals surface area contributed by atoms with Gasteiger partial charge in [0, 0.05) is 32.0 Å². The number of rotatable bonds is 7. The van der Waals surface area contributed by atoms with E-state index in [9.17, 15) is 9.59 Å². The van der Waals surface area contributed by atoms with E-state index < -0.39 is 5.66 Å². The number of likely N-dealkylation sites (tertiary alicyclic amines) is 1. The average Bonchev–Trinajstić information content (AvgIpc) is 2.85. The molecule has 7 nitrogen and oxygen atoms in total. The van der Waals surface area contributed by atoms with Crippen molar-refractivity contribution in [2.45, 2.75) is 57.8 Å². The molecule has 1 spiro atoms. The maximum absolute atomic E-state index is 13.0. The normalized spacial score (nSPS) is 21.8. The highest BCUT2D eigenvalue weighted by Gasteiger charge is 2.52. The number of nitrogens with zero attached hydrogens (tertiary/aromatic N) is 2. The average molecular weight is 417 g/mol. The van der Waals surface area contributed by atoms with Crippen LogP contribution in [0.15, 0.2) is 0 Å². The molecule has 1 atom stereocenters. The Bertz CT molecular complexity index is 551. The third-order valence-corrected chi connectivity index (χ3v) is 6.04. The minimum absolute atomic E-state index is 0.00410. The van der Waals surface area contributed by atoms with Crippen molar-refractivity contribution in [2.24, 2.45) is 0 Å². The van der Waals surface area contributed by atoms with Crippen molar-refractivity contribution < 1.29 is 14.3 Å². The molecule has 0 radical (unpaired) electrons. The second kappa shape index (κ2) is 9.93. The van der Waals surface area contributed by atoms with Gasteiger partial charge in [-0.3, -0.25) is 14.9 Å². The van der Waals surface area contributed by atoms with Crippen LogP contribution < -0.4 is 10.6 Å². The first-order valence-corrected chi connectivity index (χ1v) is 11.4. The van der Waals surface area contributed by atoms with Gasteiger partial charge in [0.25, 0.3) is 0 Å². The lowest BCUT2D eigenvalue weighted by atomic mass is 9.96. The predicted molar refractivity (Wildman–Crippen MR) is 113 cm³/mol. The third-order valence-electron chi connectivity index (χ3n) is 5.02. The maximum Gasteiger partial charge on any atom is 0.325 e. The number of hydrogen-bond acceptors (Lipinski definition) is 6. The topological polar surface area (TPSA) is 73.9 Å². The number of hydrogen-bond donors (Lipinski definition) is 2. The standard InChI is InChI=1S/C18H32N4O3S2/c1-5-25-15(23)12-22-16(24)14(6-11-27-4)20-18(22)7-9-21(10-8-18)17(26)19-13(2)3/h13-14,20H,5-12H2,1-4H3,(H,19,26). The van der Waals surface area contributed by atoms with Gasteiger partial charge >= 0.3 is 5.97 Å². The molecule has 0 aromatic heterocycles. The fourth-order valence-electron chi connectivity index (χ4n) is 3.69. The molecular formula is C18H32N4O3S2. The number of piperidine rings is 1.